The number of hydrogen-bond acceptors (Lipinski definition) is 3. The van der Waals surface area contributed by atoms with Crippen molar-refractivity contribution in [2.45, 2.75) is 24.8 Å². The Kier molecular flexibility index (Phi) is 2.86. The van der Waals surface area contributed by atoms with Crippen LogP contribution in [0.15, 0.2) is 0 Å². The molecule has 0 unspecified atom stereocenters. The molecule has 0 aromatic heterocycles. The van der Waals surface area contributed by atoms with E-state index in [1.807, 2.05) is 0 Å². The maximum Gasteiger partial charge on any atom is 0.0594 e. The summed E-state index contributed by atoms with van der Waals surface area (Å²) in [6, 6.07) is 0. The Morgan fingerprint density at radius 2 is 2.00 bits per heavy atom. The third kappa shape index (κ3) is 2.42. The molecule has 1 aliphatic carbocycles. The fourth-order valence-corrected chi connectivity index (χ4v) is 1.97. The lowest BCUT2D eigenvalue weighted by Gasteiger charge is -2.28. The van der Waals surface area contributed by atoms with E-state index < -0.39 is 0 Å². The highest BCUT2D eigenvalue weighted by molar-refractivity contribution is 5.01. The van der Waals surface area contributed by atoms with Crippen LogP contribution in [-0.4, -0.2) is 50.3 Å². The van der Waals surface area contributed by atoms with Crippen LogP contribution in [0.1, 0.15) is 19.3 Å². The highest BCUT2D eigenvalue weighted by atomic mass is 16.5. The van der Waals surface area contributed by atoms with Crippen LogP contribution < -0.4 is 5.32 Å². The highest BCUT2D eigenvalue weighted by Gasteiger charge is 2.40. The summed E-state index contributed by atoms with van der Waals surface area (Å²) in [6.07, 6.45) is 4.05. The van der Waals surface area contributed by atoms with E-state index in [2.05, 4.69) is 17.3 Å². The Balaban J connectivity index is 1.66. The molecule has 0 amide bonds. The van der Waals surface area contributed by atoms with E-state index in [4.69, 9.17) is 4.74 Å². The van der Waals surface area contributed by atoms with Crippen molar-refractivity contribution in [1.29, 1.82) is 0 Å². The molecular weight excluding hydrogens is 164 g/mol. The number of hydrogen-bond donors (Lipinski definition) is 1. The lowest BCUT2D eigenvalue weighted by molar-refractivity contribution is 0.0358. The second-order valence-corrected chi connectivity index (χ2v) is 4.23. The van der Waals surface area contributed by atoms with Gasteiger partial charge in [-0.2, -0.15) is 0 Å². The zero-order chi connectivity index (χ0) is 9.15. The average Bonchev–Trinajstić information content (AvgIpc) is 2.97. The Bertz CT molecular complexity index is 162. The van der Waals surface area contributed by atoms with Gasteiger partial charge in [-0.15, -0.1) is 0 Å². The molecule has 1 heterocycles. The number of nitrogens with one attached hydrogen (secondary N) is 1. The number of nitrogens with zero attached hydrogens (tertiary/aromatic N) is 1. The summed E-state index contributed by atoms with van der Waals surface area (Å²) in [5, 5.41) is 3.43. The molecule has 76 valence electrons. The van der Waals surface area contributed by atoms with Crippen molar-refractivity contribution >= 4 is 0 Å². The summed E-state index contributed by atoms with van der Waals surface area (Å²) >= 11 is 0. The molecule has 0 radical (unpaired) electrons. The topological polar surface area (TPSA) is 24.5 Å². The van der Waals surface area contributed by atoms with Gasteiger partial charge < -0.3 is 10.1 Å². The first kappa shape index (κ1) is 9.44. The van der Waals surface area contributed by atoms with E-state index in [1.165, 1.54) is 25.8 Å². The van der Waals surface area contributed by atoms with Gasteiger partial charge in [0, 0.05) is 25.2 Å². The monoisotopic (exact) mass is 184 g/mol. The summed E-state index contributed by atoms with van der Waals surface area (Å²) in [7, 11) is 2.09. The predicted octanol–water partition coefficient (Wildman–Crippen LogP) is 0.461. The Labute approximate surface area is 80.4 Å². The maximum absolute atomic E-state index is 5.32. The van der Waals surface area contributed by atoms with Gasteiger partial charge in [0.05, 0.1) is 13.2 Å². The Hall–Kier alpha value is -0.120. The third-order valence-electron chi connectivity index (χ3n) is 3.39. The molecule has 1 saturated carbocycles. The van der Waals surface area contributed by atoms with Crippen LogP contribution >= 0.6 is 0 Å². The number of ether oxygens (including phenoxy) is 1. The molecule has 0 atom stereocenters. The molecule has 13 heavy (non-hydrogen) atoms. The molecule has 1 N–H and O–H groups in total. The van der Waals surface area contributed by atoms with Crippen molar-refractivity contribution in [1.82, 2.24) is 10.2 Å². The van der Waals surface area contributed by atoms with Crippen molar-refractivity contribution in [3.8, 4) is 0 Å². The van der Waals surface area contributed by atoms with Crippen molar-refractivity contribution in [2.75, 3.05) is 39.9 Å². The molecule has 1 aliphatic heterocycles. The Morgan fingerprint density at radius 1 is 1.31 bits per heavy atom. The zero-order valence-corrected chi connectivity index (χ0v) is 8.51. The third-order valence-corrected chi connectivity index (χ3v) is 3.39. The zero-order valence-electron chi connectivity index (χ0n) is 8.51. The van der Waals surface area contributed by atoms with Crippen molar-refractivity contribution in [3.63, 3.8) is 0 Å². The van der Waals surface area contributed by atoms with Crippen LogP contribution in [0.4, 0.5) is 0 Å². The minimum atomic E-state index is 0.512. The summed E-state index contributed by atoms with van der Waals surface area (Å²) in [5.41, 5.74) is 0.512. The molecule has 0 spiro atoms. The van der Waals surface area contributed by atoms with Crippen molar-refractivity contribution < 1.29 is 4.74 Å². The van der Waals surface area contributed by atoms with Gasteiger partial charge in [0.1, 0.15) is 0 Å². The van der Waals surface area contributed by atoms with Gasteiger partial charge >= 0.3 is 0 Å². The van der Waals surface area contributed by atoms with Gasteiger partial charge in [0.25, 0.3) is 0 Å². The molecule has 0 aromatic carbocycles. The van der Waals surface area contributed by atoms with Gasteiger partial charge in [0.2, 0.25) is 0 Å². The first-order chi connectivity index (χ1) is 6.35. The first-order valence-electron chi connectivity index (χ1n) is 5.34. The van der Waals surface area contributed by atoms with Gasteiger partial charge in [-0.3, -0.25) is 4.90 Å². The van der Waals surface area contributed by atoms with Gasteiger partial charge in [-0.1, -0.05) is 0 Å². The predicted molar refractivity (Wildman–Crippen MR) is 52.9 cm³/mol. The van der Waals surface area contributed by atoms with E-state index in [-0.39, 0.29) is 0 Å². The first-order valence-corrected chi connectivity index (χ1v) is 5.34. The van der Waals surface area contributed by atoms with Crippen molar-refractivity contribution in [2.24, 2.45) is 0 Å². The molecule has 0 bridgehead atoms. The second kappa shape index (κ2) is 3.95. The fraction of sp³-hybridized carbons (Fsp3) is 1.00. The molecular formula is C10H20N2O. The molecule has 1 saturated heterocycles. The minimum absolute atomic E-state index is 0.512. The van der Waals surface area contributed by atoms with Crippen LogP contribution in [-0.2, 0) is 4.74 Å². The van der Waals surface area contributed by atoms with Gasteiger partial charge in [-0.05, 0) is 26.3 Å². The molecule has 2 aliphatic rings. The highest BCUT2D eigenvalue weighted by Crippen LogP contribution is 2.38. The molecule has 2 fully saturated rings. The maximum atomic E-state index is 5.32. The molecule has 3 heteroatoms. The van der Waals surface area contributed by atoms with Crippen LogP contribution in [0.3, 0.4) is 0 Å². The smallest absolute Gasteiger partial charge is 0.0594 e. The fourth-order valence-electron chi connectivity index (χ4n) is 1.97. The van der Waals surface area contributed by atoms with E-state index in [1.54, 1.807) is 0 Å². The van der Waals surface area contributed by atoms with E-state index in [9.17, 15) is 0 Å². The SMILES string of the molecule is CNC1(CCN2CCOCC2)CC1. The molecule has 0 aromatic rings. The van der Waals surface area contributed by atoms with Crippen LogP contribution in [0.2, 0.25) is 0 Å². The lowest BCUT2D eigenvalue weighted by atomic mass is 10.1. The van der Waals surface area contributed by atoms with Crippen molar-refractivity contribution in [3.05, 3.63) is 0 Å². The summed E-state index contributed by atoms with van der Waals surface area (Å²) in [4.78, 5) is 2.51. The van der Waals surface area contributed by atoms with E-state index in [0.717, 1.165) is 26.3 Å². The second-order valence-electron chi connectivity index (χ2n) is 4.23. The van der Waals surface area contributed by atoms with Gasteiger partial charge in [0.15, 0.2) is 0 Å². The number of rotatable bonds is 4. The quantitative estimate of drug-likeness (QED) is 0.687. The molecule has 2 rings (SSSR count). The summed E-state index contributed by atoms with van der Waals surface area (Å²) < 4.78 is 5.32. The van der Waals surface area contributed by atoms with Crippen LogP contribution in [0, 0.1) is 0 Å². The summed E-state index contributed by atoms with van der Waals surface area (Å²) in [5.74, 6) is 0. The standard InChI is InChI=1S/C10H20N2O/c1-11-10(2-3-10)4-5-12-6-8-13-9-7-12/h11H,2-9H2,1H3. The lowest BCUT2D eigenvalue weighted by Crippen LogP contribution is -2.40. The Morgan fingerprint density at radius 3 is 2.54 bits per heavy atom. The largest absolute Gasteiger partial charge is 0.379 e. The number of morpholine rings is 1. The minimum Gasteiger partial charge on any atom is -0.379 e. The van der Waals surface area contributed by atoms with E-state index in [0.29, 0.717) is 5.54 Å². The van der Waals surface area contributed by atoms with Crippen LogP contribution in [0.5, 0.6) is 0 Å². The van der Waals surface area contributed by atoms with Crippen LogP contribution in [0.25, 0.3) is 0 Å². The average molecular weight is 184 g/mol. The normalized spacial score (nSPS) is 27.5. The van der Waals surface area contributed by atoms with Gasteiger partial charge in [-0.25, -0.2) is 0 Å². The van der Waals surface area contributed by atoms with E-state index >= 15 is 0 Å². The molecule has 3 nitrogen and oxygen atoms in total. The summed E-state index contributed by atoms with van der Waals surface area (Å²) in [6.45, 7) is 5.34.